The van der Waals surface area contributed by atoms with E-state index in [0.717, 1.165) is 6.54 Å². The fourth-order valence-corrected chi connectivity index (χ4v) is 1.09. The van der Waals surface area contributed by atoms with Crippen LogP contribution in [0.5, 0.6) is 0 Å². The molecule has 1 saturated heterocycles. The number of ether oxygens (including phenoxy) is 1. The number of likely N-dealkylation sites (tertiary alicyclic amines) is 1. The van der Waals surface area contributed by atoms with Gasteiger partial charge in [0.25, 0.3) is 0 Å². The van der Waals surface area contributed by atoms with Gasteiger partial charge in [-0.2, -0.15) is 0 Å². The summed E-state index contributed by atoms with van der Waals surface area (Å²) in [5.74, 6) is 0. The van der Waals surface area contributed by atoms with Gasteiger partial charge in [-0.3, -0.25) is 0 Å². The van der Waals surface area contributed by atoms with Crippen molar-refractivity contribution in [2.24, 2.45) is 0 Å². The lowest BCUT2D eigenvalue weighted by atomic mass is 10.3. The third-order valence-electron chi connectivity index (χ3n) is 1.68. The predicted molar refractivity (Wildman–Crippen MR) is 47.9 cm³/mol. The Morgan fingerprint density at radius 1 is 1.36 bits per heavy atom. The molecule has 1 heterocycles. The first kappa shape index (κ1) is 13.5. The highest BCUT2D eigenvalue weighted by molar-refractivity contribution is 4.71. The van der Waals surface area contributed by atoms with Gasteiger partial charge in [0.1, 0.15) is 0 Å². The molecule has 0 aromatic heterocycles. The van der Waals surface area contributed by atoms with E-state index in [0.29, 0.717) is 6.10 Å². The van der Waals surface area contributed by atoms with E-state index in [1.165, 1.54) is 13.0 Å². The second kappa shape index (κ2) is 7.98. The summed E-state index contributed by atoms with van der Waals surface area (Å²) in [4.78, 5) is 2.29. The Kier molecular flexibility index (Phi) is 9.77. The van der Waals surface area contributed by atoms with E-state index in [1.807, 2.05) is 13.8 Å². The van der Waals surface area contributed by atoms with E-state index in [1.54, 1.807) is 7.11 Å². The van der Waals surface area contributed by atoms with Crippen LogP contribution in [0, 0.1) is 0 Å². The van der Waals surface area contributed by atoms with Crippen molar-refractivity contribution in [3.8, 4) is 0 Å². The monoisotopic (exact) mass is 163 g/mol. The average Bonchev–Trinajstić information content (AvgIpc) is 2.40. The van der Waals surface area contributed by atoms with Gasteiger partial charge in [-0.05, 0) is 13.5 Å². The highest BCUT2D eigenvalue weighted by atomic mass is 16.5. The highest BCUT2D eigenvalue weighted by Crippen LogP contribution is 2.07. The van der Waals surface area contributed by atoms with Crippen molar-refractivity contribution < 1.29 is 10.2 Å². The van der Waals surface area contributed by atoms with Gasteiger partial charge in [-0.1, -0.05) is 13.8 Å². The molecule has 0 saturated carbocycles. The Labute approximate surface area is 69.6 Å². The molecule has 3 heteroatoms. The summed E-state index contributed by atoms with van der Waals surface area (Å²) in [6, 6.07) is 0. The van der Waals surface area contributed by atoms with E-state index in [-0.39, 0.29) is 5.48 Å². The van der Waals surface area contributed by atoms with Crippen LogP contribution in [-0.4, -0.2) is 43.7 Å². The van der Waals surface area contributed by atoms with Crippen molar-refractivity contribution in [1.82, 2.24) is 4.90 Å². The van der Waals surface area contributed by atoms with Gasteiger partial charge in [-0.15, -0.1) is 0 Å². The van der Waals surface area contributed by atoms with Gasteiger partial charge < -0.3 is 15.1 Å². The summed E-state index contributed by atoms with van der Waals surface area (Å²) in [5.41, 5.74) is 0. The smallest absolute Gasteiger partial charge is 0.0710 e. The fourth-order valence-electron chi connectivity index (χ4n) is 1.09. The Hall–Kier alpha value is -0.120. The number of hydrogen-bond acceptors (Lipinski definition) is 2. The van der Waals surface area contributed by atoms with Crippen molar-refractivity contribution >= 4 is 0 Å². The molecule has 1 rings (SSSR count). The van der Waals surface area contributed by atoms with Crippen LogP contribution in [0.3, 0.4) is 0 Å². The summed E-state index contributed by atoms with van der Waals surface area (Å²) in [6.45, 7) is 6.30. The van der Waals surface area contributed by atoms with Crippen LogP contribution in [0.1, 0.15) is 20.3 Å². The third-order valence-corrected chi connectivity index (χ3v) is 1.68. The van der Waals surface area contributed by atoms with Crippen LogP contribution in [-0.2, 0) is 4.74 Å². The molecule has 0 spiro atoms. The standard InChI is InChI=1S/C6H13NO.C2H6.H2O/c1-7-4-3-6(5-7)8-2;1-2;/h6H,3-5H2,1-2H3;1-2H3;1H2. The first-order chi connectivity index (χ1) is 4.83. The van der Waals surface area contributed by atoms with Crippen molar-refractivity contribution in [3.63, 3.8) is 0 Å². The summed E-state index contributed by atoms with van der Waals surface area (Å²) < 4.78 is 5.14. The molecular weight excluding hydrogens is 142 g/mol. The van der Waals surface area contributed by atoms with E-state index < -0.39 is 0 Å². The quantitative estimate of drug-likeness (QED) is 0.566. The van der Waals surface area contributed by atoms with Crippen molar-refractivity contribution in [1.29, 1.82) is 0 Å². The largest absolute Gasteiger partial charge is 0.412 e. The lowest BCUT2D eigenvalue weighted by Gasteiger charge is -2.06. The van der Waals surface area contributed by atoms with Gasteiger partial charge in [0.15, 0.2) is 0 Å². The highest BCUT2D eigenvalue weighted by Gasteiger charge is 2.17. The lowest BCUT2D eigenvalue weighted by Crippen LogP contribution is -2.17. The summed E-state index contributed by atoms with van der Waals surface area (Å²) in [7, 11) is 3.91. The van der Waals surface area contributed by atoms with E-state index >= 15 is 0 Å². The van der Waals surface area contributed by atoms with E-state index in [2.05, 4.69) is 11.9 Å². The molecule has 0 radical (unpaired) electrons. The van der Waals surface area contributed by atoms with Gasteiger partial charge in [0, 0.05) is 20.2 Å². The molecule has 0 aromatic carbocycles. The van der Waals surface area contributed by atoms with Crippen LogP contribution < -0.4 is 0 Å². The first-order valence-corrected chi connectivity index (χ1v) is 4.04. The zero-order chi connectivity index (χ0) is 7.98. The lowest BCUT2D eigenvalue weighted by molar-refractivity contribution is 0.111. The molecule has 1 fully saturated rings. The SMILES string of the molecule is CC.COC1CCN(C)C1.O. The molecule has 0 aromatic rings. The molecule has 0 amide bonds. The summed E-state index contributed by atoms with van der Waals surface area (Å²) >= 11 is 0. The number of nitrogens with zero attached hydrogens (tertiary/aromatic N) is 1. The number of hydrogen-bond donors (Lipinski definition) is 0. The Balaban J connectivity index is 0. The molecule has 1 aliphatic heterocycles. The molecule has 1 aliphatic rings. The first-order valence-electron chi connectivity index (χ1n) is 4.04. The maximum atomic E-state index is 5.14. The molecule has 2 N–H and O–H groups in total. The Morgan fingerprint density at radius 3 is 2.09 bits per heavy atom. The molecule has 0 bridgehead atoms. The maximum absolute atomic E-state index is 5.14. The minimum Gasteiger partial charge on any atom is -0.412 e. The number of rotatable bonds is 1. The average molecular weight is 163 g/mol. The van der Waals surface area contributed by atoms with Crippen LogP contribution in [0.25, 0.3) is 0 Å². The Morgan fingerprint density at radius 2 is 1.91 bits per heavy atom. The van der Waals surface area contributed by atoms with Crippen LogP contribution in [0.15, 0.2) is 0 Å². The minimum absolute atomic E-state index is 0. The molecule has 3 nitrogen and oxygen atoms in total. The molecule has 1 atom stereocenters. The van der Waals surface area contributed by atoms with E-state index in [4.69, 9.17) is 4.74 Å². The number of methoxy groups -OCH3 is 1. The summed E-state index contributed by atoms with van der Waals surface area (Å²) in [5, 5.41) is 0. The second-order valence-electron chi connectivity index (χ2n) is 2.41. The summed E-state index contributed by atoms with van der Waals surface area (Å²) in [6.07, 6.45) is 1.70. The van der Waals surface area contributed by atoms with Gasteiger partial charge in [-0.25, -0.2) is 0 Å². The predicted octanol–water partition coefficient (Wildman–Crippen LogP) is 0.538. The van der Waals surface area contributed by atoms with Crippen molar-refractivity contribution in [2.75, 3.05) is 27.2 Å². The zero-order valence-electron chi connectivity index (χ0n) is 8.05. The molecule has 0 aliphatic carbocycles. The molecular formula is C8H21NO2. The zero-order valence-corrected chi connectivity index (χ0v) is 8.05. The van der Waals surface area contributed by atoms with Crippen molar-refractivity contribution in [3.05, 3.63) is 0 Å². The number of likely N-dealkylation sites (N-methyl/N-ethyl adjacent to an activating group) is 1. The second-order valence-corrected chi connectivity index (χ2v) is 2.41. The Bertz CT molecular complexity index is 78.5. The van der Waals surface area contributed by atoms with Gasteiger partial charge in [0.05, 0.1) is 6.10 Å². The molecule has 70 valence electrons. The maximum Gasteiger partial charge on any atom is 0.0710 e. The normalized spacial score (nSPS) is 23.5. The van der Waals surface area contributed by atoms with Gasteiger partial charge in [0.2, 0.25) is 0 Å². The van der Waals surface area contributed by atoms with Crippen LogP contribution in [0.2, 0.25) is 0 Å². The fraction of sp³-hybridized carbons (Fsp3) is 1.00. The van der Waals surface area contributed by atoms with Gasteiger partial charge >= 0.3 is 0 Å². The minimum atomic E-state index is 0. The molecule has 1 unspecified atom stereocenters. The van der Waals surface area contributed by atoms with Crippen molar-refractivity contribution in [2.45, 2.75) is 26.4 Å². The third kappa shape index (κ3) is 5.18. The van der Waals surface area contributed by atoms with E-state index in [9.17, 15) is 0 Å². The topological polar surface area (TPSA) is 44.0 Å². The van der Waals surface area contributed by atoms with Crippen LogP contribution in [0.4, 0.5) is 0 Å². The van der Waals surface area contributed by atoms with Crippen LogP contribution >= 0.6 is 0 Å². The molecule has 11 heavy (non-hydrogen) atoms.